The monoisotopic (exact) mass is 319 g/mol. The summed E-state index contributed by atoms with van der Waals surface area (Å²) in [6.45, 7) is 0. The summed E-state index contributed by atoms with van der Waals surface area (Å²) in [6.07, 6.45) is -2.12. The molecule has 0 spiro atoms. The van der Waals surface area contributed by atoms with E-state index in [1.165, 1.54) is 0 Å². The number of rotatable bonds is 5. The third-order valence-electron chi connectivity index (χ3n) is 3.53. The number of epoxide rings is 1. The molecule has 2 atom stereocenters. The number of aliphatic carboxylic acids is 1. The Kier molecular flexibility index (Phi) is 5.96. The second-order valence-corrected chi connectivity index (χ2v) is 5.06. The summed E-state index contributed by atoms with van der Waals surface area (Å²) in [6, 6.07) is 18.6. The number of ether oxygens (including phenoxy) is 1. The van der Waals surface area contributed by atoms with Crippen molar-refractivity contribution in [1.29, 1.82) is 0 Å². The van der Waals surface area contributed by atoms with Gasteiger partial charge in [-0.05, 0) is 11.1 Å². The molecule has 3 rings (SSSR count). The van der Waals surface area contributed by atoms with Gasteiger partial charge in [-0.15, -0.1) is 0 Å². The molecule has 1 N–H and O–H groups in total. The molecule has 112 valence electrons. The molecule has 0 aromatic heterocycles. The van der Waals surface area contributed by atoms with Crippen LogP contribution < -0.4 is 40.0 Å². The van der Waals surface area contributed by atoms with Gasteiger partial charge in [-0.25, -0.2) is 0 Å². The molecule has 0 saturated carbocycles. The van der Waals surface area contributed by atoms with Gasteiger partial charge in [0.25, 0.3) is 5.91 Å². The van der Waals surface area contributed by atoms with E-state index in [9.17, 15) is 14.7 Å². The van der Waals surface area contributed by atoms with E-state index in [0.29, 0.717) is 0 Å². The maximum Gasteiger partial charge on any atom is 1.00 e. The van der Waals surface area contributed by atoms with Crippen LogP contribution in [0.15, 0.2) is 60.7 Å². The zero-order valence-electron chi connectivity index (χ0n) is 12.6. The van der Waals surface area contributed by atoms with E-state index in [2.05, 4.69) is 5.32 Å². The van der Waals surface area contributed by atoms with Crippen LogP contribution >= 0.6 is 0 Å². The number of carboxylic acid groups (broad SMARTS) is 1. The Morgan fingerprint density at radius 2 is 1.39 bits per heavy atom. The number of hydrogen-bond donors (Lipinski definition) is 1. The van der Waals surface area contributed by atoms with E-state index in [-0.39, 0.29) is 35.6 Å². The Morgan fingerprint density at radius 3 is 1.78 bits per heavy atom. The predicted molar refractivity (Wildman–Crippen MR) is 76.5 cm³/mol. The van der Waals surface area contributed by atoms with Crippen LogP contribution in [0, 0.1) is 0 Å². The summed E-state index contributed by atoms with van der Waals surface area (Å²) in [5.74, 6) is -1.82. The maximum atomic E-state index is 12.2. The molecule has 6 heteroatoms. The van der Waals surface area contributed by atoms with Gasteiger partial charge >= 0.3 is 29.6 Å². The molecule has 2 aromatic carbocycles. The van der Waals surface area contributed by atoms with Crippen molar-refractivity contribution in [3.8, 4) is 0 Å². The molecule has 1 saturated heterocycles. The molecule has 0 aliphatic carbocycles. The minimum atomic E-state index is -1.36. The minimum absolute atomic E-state index is 0. The molecule has 1 aliphatic heterocycles. The van der Waals surface area contributed by atoms with Gasteiger partial charge in [0.2, 0.25) is 0 Å². The van der Waals surface area contributed by atoms with Crippen molar-refractivity contribution in [1.82, 2.24) is 5.32 Å². The standard InChI is InChI=1S/C17H15NO4.Na/c19-16(14-15(22-14)17(20)21)18-13(11-7-3-1-4-8-11)12-9-5-2-6-10-12;/h1-10,13-15H,(H,18,19)(H,20,21);/q;+1/p-1/t14-,15-;/m0./s1. The van der Waals surface area contributed by atoms with Gasteiger partial charge in [0.1, 0.15) is 6.10 Å². The van der Waals surface area contributed by atoms with Crippen LogP contribution in [0.5, 0.6) is 0 Å². The molecule has 1 fully saturated rings. The summed E-state index contributed by atoms with van der Waals surface area (Å²) < 4.78 is 4.84. The molecular formula is C17H14NNaO4. The van der Waals surface area contributed by atoms with E-state index in [1.807, 2.05) is 60.7 Å². The first-order valence-corrected chi connectivity index (χ1v) is 6.93. The van der Waals surface area contributed by atoms with Crippen LogP contribution in [-0.2, 0) is 14.3 Å². The number of amides is 1. The molecule has 1 heterocycles. The average Bonchev–Trinajstić information content (AvgIpc) is 3.35. The van der Waals surface area contributed by atoms with E-state index in [0.717, 1.165) is 11.1 Å². The van der Waals surface area contributed by atoms with Crippen LogP contribution in [0.4, 0.5) is 0 Å². The Labute approximate surface area is 156 Å². The molecule has 0 radical (unpaired) electrons. The first kappa shape index (κ1) is 17.7. The van der Waals surface area contributed by atoms with E-state index < -0.39 is 24.1 Å². The van der Waals surface area contributed by atoms with Crippen molar-refractivity contribution in [2.24, 2.45) is 0 Å². The first-order valence-electron chi connectivity index (χ1n) is 6.93. The van der Waals surface area contributed by atoms with Crippen LogP contribution in [0.3, 0.4) is 0 Å². The van der Waals surface area contributed by atoms with E-state index >= 15 is 0 Å². The fourth-order valence-electron chi connectivity index (χ4n) is 2.37. The SMILES string of the molecule is O=C([O-])[C@H]1O[C@@H]1C(=O)NC(c1ccccc1)c1ccccc1.[Na+]. The molecule has 2 aromatic rings. The van der Waals surface area contributed by atoms with Crippen molar-refractivity contribution in [2.75, 3.05) is 0 Å². The predicted octanol–water partition coefficient (Wildman–Crippen LogP) is -2.59. The van der Waals surface area contributed by atoms with Crippen LogP contribution in [0.25, 0.3) is 0 Å². The molecule has 1 amide bonds. The number of hydrogen-bond acceptors (Lipinski definition) is 4. The van der Waals surface area contributed by atoms with Gasteiger partial charge in [-0.2, -0.15) is 0 Å². The maximum absolute atomic E-state index is 12.2. The number of carboxylic acids is 1. The van der Waals surface area contributed by atoms with Crippen molar-refractivity contribution in [3.05, 3.63) is 71.8 Å². The van der Waals surface area contributed by atoms with Gasteiger partial charge in [-0.3, -0.25) is 4.79 Å². The summed E-state index contributed by atoms with van der Waals surface area (Å²) in [4.78, 5) is 22.8. The second-order valence-electron chi connectivity index (χ2n) is 5.06. The van der Waals surface area contributed by atoms with Crippen LogP contribution in [0.1, 0.15) is 17.2 Å². The topological polar surface area (TPSA) is 81.8 Å². The van der Waals surface area contributed by atoms with Crippen molar-refractivity contribution in [3.63, 3.8) is 0 Å². The quantitative estimate of drug-likeness (QED) is 0.485. The molecule has 0 bridgehead atoms. The zero-order chi connectivity index (χ0) is 15.5. The fraction of sp³-hybridized carbons (Fsp3) is 0.176. The Morgan fingerprint density at radius 1 is 0.913 bits per heavy atom. The summed E-state index contributed by atoms with van der Waals surface area (Å²) >= 11 is 0. The van der Waals surface area contributed by atoms with Gasteiger partial charge in [0.05, 0.1) is 12.0 Å². The number of carbonyl (C=O) groups excluding carboxylic acids is 2. The van der Waals surface area contributed by atoms with Crippen LogP contribution in [-0.4, -0.2) is 24.1 Å². The van der Waals surface area contributed by atoms with Crippen LogP contribution in [0.2, 0.25) is 0 Å². The van der Waals surface area contributed by atoms with E-state index in [1.54, 1.807) is 0 Å². The number of nitrogens with one attached hydrogen (secondary N) is 1. The van der Waals surface area contributed by atoms with Crippen molar-refractivity contribution in [2.45, 2.75) is 18.2 Å². The zero-order valence-corrected chi connectivity index (χ0v) is 14.6. The minimum Gasteiger partial charge on any atom is -0.547 e. The summed E-state index contributed by atoms with van der Waals surface area (Å²) in [5, 5.41) is 13.5. The third-order valence-corrected chi connectivity index (χ3v) is 3.53. The molecule has 5 nitrogen and oxygen atoms in total. The largest absolute Gasteiger partial charge is 1.00 e. The molecular weight excluding hydrogens is 305 g/mol. The Bertz CT molecular complexity index is 638. The molecule has 23 heavy (non-hydrogen) atoms. The van der Waals surface area contributed by atoms with E-state index in [4.69, 9.17) is 4.74 Å². The normalized spacial score (nSPS) is 18.8. The van der Waals surface area contributed by atoms with Crippen molar-refractivity contribution < 1.29 is 49.0 Å². The van der Waals surface area contributed by atoms with Gasteiger partial charge < -0.3 is 20.0 Å². The van der Waals surface area contributed by atoms with Gasteiger partial charge in [0.15, 0.2) is 6.10 Å². The summed E-state index contributed by atoms with van der Waals surface area (Å²) in [7, 11) is 0. The van der Waals surface area contributed by atoms with Crippen molar-refractivity contribution >= 4 is 11.9 Å². The Balaban J connectivity index is 0.00000192. The smallest absolute Gasteiger partial charge is 0.547 e. The third kappa shape index (κ3) is 4.20. The average molecular weight is 319 g/mol. The Hall–Kier alpha value is -1.66. The first-order chi connectivity index (χ1) is 10.7. The second kappa shape index (κ2) is 7.75. The number of benzene rings is 2. The number of carbonyl (C=O) groups is 2. The van der Waals surface area contributed by atoms with Gasteiger partial charge in [0, 0.05) is 0 Å². The van der Waals surface area contributed by atoms with Gasteiger partial charge in [-0.1, -0.05) is 60.7 Å². The summed E-state index contributed by atoms with van der Waals surface area (Å²) in [5.41, 5.74) is 1.82. The fourth-order valence-corrected chi connectivity index (χ4v) is 2.37. The molecule has 0 unspecified atom stereocenters. The molecule has 1 aliphatic rings.